The van der Waals surface area contributed by atoms with Crippen LogP contribution in [0.25, 0.3) is 0 Å². The van der Waals surface area contributed by atoms with Crippen molar-refractivity contribution in [2.24, 2.45) is 0 Å². The molecule has 3 heterocycles. The Hall–Kier alpha value is -2.64. The fourth-order valence-electron chi connectivity index (χ4n) is 4.52. The third-order valence-electron chi connectivity index (χ3n) is 6.40. The lowest BCUT2D eigenvalue weighted by molar-refractivity contribution is 0.122. The lowest BCUT2D eigenvalue weighted by Gasteiger charge is -2.30. The number of morpholine rings is 1. The predicted molar refractivity (Wildman–Crippen MR) is 124 cm³/mol. The van der Waals surface area contributed by atoms with E-state index in [9.17, 15) is 4.79 Å². The van der Waals surface area contributed by atoms with Gasteiger partial charge in [-0.25, -0.2) is 9.78 Å². The number of hydrogen-bond acceptors (Lipinski definition) is 5. The largest absolute Gasteiger partial charge is 0.378 e. The second kappa shape index (κ2) is 10.1. The molecule has 2 amide bonds. The van der Waals surface area contributed by atoms with Gasteiger partial charge in [0.1, 0.15) is 5.82 Å². The molecule has 2 atom stereocenters. The minimum Gasteiger partial charge on any atom is -0.378 e. The minimum absolute atomic E-state index is 0.0531. The van der Waals surface area contributed by atoms with Crippen molar-refractivity contribution in [3.8, 4) is 0 Å². The summed E-state index contributed by atoms with van der Waals surface area (Å²) in [5.41, 5.74) is 2.05. The van der Waals surface area contributed by atoms with Crippen molar-refractivity contribution in [3.63, 3.8) is 0 Å². The van der Waals surface area contributed by atoms with Crippen LogP contribution in [0.2, 0.25) is 0 Å². The van der Waals surface area contributed by atoms with Crippen molar-refractivity contribution in [3.05, 3.63) is 54.2 Å². The zero-order valence-corrected chi connectivity index (χ0v) is 18.5. The van der Waals surface area contributed by atoms with Gasteiger partial charge in [-0.05, 0) is 38.0 Å². The molecule has 7 nitrogen and oxygen atoms in total. The Kier molecular flexibility index (Phi) is 7.04. The summed E-state index contributed by atoms with van der Waals surface area (Å²) in [4.78, 5) is 24.2. The third kappa shape index (κ3) is 5.17. The molecular weight excluding hydrogens is 390 g/mol. The Balaban J connectivity index is 1.34. The maximum atomic E-state index is 13.0. The van der Waals surface area contributed by atoms with E-state index in [1.807, 2.05) is 24.0 Å². The summed E-state index contributed by atoms with van der Waals surface area (Å²) in [6.07, 6.45) is 2.74. The van der Waals surface area contributed by atoms with Gasteiger partial charge in [0.25, 0.3) is 0 Å². The van der Waals surface area contributed by atoms with Gasteiger partial charge in [-0.15, -0.1) is 0 Å². The molecule has 2 saturated heterocycles. The molecule has 1 N–H and O–H groups in total. The Morgan fingerprint density at radius 1 is 1.19 bits per heavy atom. The van der Waals surface area contributed by atoms with Crippen LogP contribution in [-0.4, -0.2) is 72.8 Å². The van der Waals surface area contributed by atoms with Crippen molar-refractivity contribution in [1.82, 2.24) is 14.8 Å². The molecule has 0 radical (unpaired) electrons. The zero-order valence-electron chi connectivity index (χ0n) is 18.5. The molecule has 0 saturated carbocycles. The van der Waals surface area contributed by atoms with Crippen molar-refractivity contribution < 1.29 is 9.53 Å². The first-order valence-corrected chi connectivity index (χ1v) is 11.3. The van der Waals surface area contributed by atoms with E-state index >= 15 is 0 Å². The second-order valence-electron chi connectivity index (χ2n) is 8.24. The fraction of sp³-hybridized carbons (Fsp3) is 0.500. The predicted octanol–water partition coefficient (Wildman–Crippen LogP) is 3.61. The van der Waals surface area contributed by atoms with Crippen molar-refractivity contribution in [2.75, 3.05) is 56.2 Å². The molecule has 4 rings (SSSR count). The Bertz CT molecular complexity index is 839. The van der Waals surface area contributed by atoms with Gasteiger partial charge in [0.15, 0.2) is 0 Å². The average molecular weight is 424 g/mol. The summed E-state index contributed by atoms with van der Waals surface area (Å²) in [7, 11) is 0. The van der Waals surface area contributed by atoms with Gasteiger partial charge in [0.2, 0.25) is 0 Å². The molecule has 166 valence electrons. The Morgan fingerprint density at radius 3 is 2.65 bits per heavy atom. The van der Waals surface area contributed by atoms with E-state index in [2.05, 4.69) is 57.4 Å². The van der Waals surface area contributed by atoms with Crippen LogP contribution in [0.3, 0.4) is 0 Å². The fourth-order valence-corrected chi connectivity index (χ4v) is 4.52. The number of carbonyl (C=O) groups is 1. The van der Waals surface area contributed by atoms with Crippen LogP contribution in [-0.2, 0) is 4.74 Å². The SMILES string of the molecule is CCN(C(=O)Nc1ccc(N2CCOCC2)nc1)[C@H]1CCN([C@H](C)c2ccccc2)C1. The number of nitrogens with one attached hydrogen (secondary N) is 1. The van der Waals surface area contributed by atoms with Crippen LogP contribution < -0.4 is 10.2 Å². The summed E-state index contributed by atoms with van der Waals surface area (Å²) >= 11 is 0. The van der Waals surface area contributed by atoms with E-state index in [-0.39, 0.29) is 12.1 Å². The smallest absolute Gasteiger partial charge is 0.322 e. The number of ether oxygens (including phenoxy) is 1. The molecular formula is C24H33N5O2. The molecule has 1 aromatic heterocycles. The van der Waals surface area contributed by atoms with Gasteiger partial charge >= 0.3 is 6.03 Å². The highest BCUT2D eigenvalue weighted by Crippen LogP contribution is 2.27. The van der Waals surface area contributed by atoms with Crippen LogP contribution in [0.1, 0.15) is 31.9 Å². The van der Waals surface area contributed by atoms with Crippen LogP contribution in [0, 0.1) is 0 Å². The van der Waals surface area contributed by atoms with E-state index in [0.717, 1.165) is 57.3 Å². The number of aromatic nitrogens is 1. The molecule has 2 aromatic rings. The number of likely N-dealkylation sites (N-methyl/N-ethyl adjacent to an activating group) is 1. The normalized spacial score (nSPS) is 20.5. The van der Waals surface area contributed by atoms with Gasteiger partial charge < -0.3 is 19.9 Å². The molecule has 2 fully saturated rings. The number of nitrogens with zero attached hydrogens (tertiary/aromatic N) is 4. The monoisotopic (exact) mass is 423 g/mol. The molecule has 0 aliphatic carbocycles. The average Bonchev–Trinajstić information content (AvgIpc) is 3.30. The van der Waals surface area contributed by atoms with Crippen LogP contribution in [0.4, 0.5) is 16.3 Å². The van der Waals surface area contributed by atoms with Crippen molar-refractivity contribution >= 4 is 17.5 Å². The van der Waals surface area contributed by atoms with Crippen LogP contribution >= 0.6 is 0 Å². The lowest BCUT2D eigenvalue weighted by Crippen LogP contribution is -2.44. The molecule has 2 aliphatic heterocycles. The second-order valence-corrected chi connectivity index (χ2v) is 8.24. The standard InChI is InChI=1S/C24H33N5O2/c1-3-29(22-11-12-28(18-22)19(2)20-7-5-4-6-8-20)24(30)26-21-9-10-23(25-17-21)27-13-15-31-16-14-27/h4-10,17,19,22H,3,11-16,18H2,1-2H3,(H,26,30)/t19-,22+/m1/s1. The van der Waals surface area contributed by atoms with Gasteiger partial charge in [-0.2, -0.15) is 0 Å². The van der Waals surface area contributed by atoms with Crippen LogP contribution in [0.15, 0.2) is 48.7 Å². The van der Waals surface area contributed by atoms with E-state index < -0.39 is 0 Å². The molecule has 31 heavy (non-hydrogen) atoms. The number of hydrogen-bond donors (Lipinski definition) is 1. The number of benzene rings is 1. The number of carbonyl (C=O) groups excluding carboxylic acids is 1. The van der Waals surface area contributed by atoms with Crippen LogP contribution in [0.5, 0.6) is 0 Å². The first kappa shape index (κ1) is 21.6. The number of amides is 2. The third-order valence-corrected chi connectivity index (χ3v) is 6.40. The van der Waals surface area contributed by atoms with Crippen molar-refractivity contribution in [1.29, 1.82) is 0 Å². The lowest BCUT2D eigenvalue weighted by atomic mass is 10.1. The topological polar surface area (TPSA) is 60.9 Å². The highest BCUT2D eigenvalue weighted by molar-refractivity contribution is 5.89. The van der Waals surface area contributed by atoms with Gasteiger partial charge in [0, 0.05) is 44.8 Å². The maximum absolute atomic E-state index is 13.0. The molecule has 2 aliphatic rings. The summed E-state index contributed by atoms with van der Waals surface area (Å²) in [5, 5.41) is 3.04. The zero-order chi connectivity index (χ0) is 21.6. The first-order chi connectivity index (χ1) is 15.2. The number of likely N-dealkylation sites (tertiary alicyclic amines) is 1. The van der Waals surface area contributed by atoms with E-state index in [4.69, 9.17) is 4.74 Å². The summed E-state index contributed by atoms with van der Waals surface area (Å²) in [6, 6.07) is 15.0. The quantitative estimate of drug-likeness (QED) is 0.769. The number of pyridine rings is 1. The Morgan fingerprint density at radius 2 is 1.97 bits per heavy atom. The minimum atomic E-state index is -0.0531. The van der Waals surface area contributed by atoms with E-state index in [1.165, 1.54) is 5.56 Å². The molecule has 0 unspecified atom stereocenters. The summed E-state index contributed by atoms with van der Waals surface area (Å²) in [5.74, 6) is 0.926. The molecule has 0 spiro atoms. The first-order valence-electron chi connectivity index (χ1n) is 11.3. The van der Waals surface area contributed by atoms with Crippen molar-refractivity contribution in [2.45, 2.75) is 32.4 Å². The highest BCUT2D eigenvalue weighted by atomic mass is 16.5. The summed E-state index contributed by atoms with van der Waals surface area (Å²) < 4.78 is 5.40. The number of urea groups is 1. The molecule has 0 bridgehead atoms. The highest BCUT2D eigenvalue weighted by Gasteiger charge is 2.32. The Labute approximate surface area is 185 Å². The van der Waals surface area contributed by atoms with Gasteiger partial charge in [0.05, 0.1) is 25.1 Å². The van der Waals surface area contributed by atoms with Gasteiger partial charge in [-0.3, -0.25) is 4.90 Å². The molecule has 1 aromatic carbocycles. The summed E-state index contributed by atoms with van der Waals surface area (Å²) in [6.45, 7) is 10.0. The van der Waals surface area contributed by atoms with E-state index in [1.54, 1.807) is 6.20 Å². The van der Waals surface area contributed by atoms with Gasteiger partial charge in [-0.1, -0.05) is 30.3 Å². The molecule has 7 heteroatoms. The maximum Gasteiger partial charge on any atom is 0.322 e. The van der Waals surface area contributed by atoms with E-state index in [0.29, 0.717) is 12.6 Å². The number of anilines is 2. The number of rotatable bonds is 6.